The molecule has 17 heavy (non-hydrogen) atoms. The monoisotopic (exact) mass is 256 g/mol. The minimum atomic E-state index is -0.220. The highest BCUT2D eigenvalue weighted by Crippen LogP contribution is 2.11. The Labute approximate surface area is 104 Å². The van der Waals surface area contributed by atoms with Crippen molar-refractivity contribution in [3.63, 3.8) is 0 Å². The number of nitrogens with zero attached hydrogens (tertiary/aromatic N) is 3. The van der Waals surface area contributed by atoms with E-state index in [4.69, 9.17) is 5.73 Å². The molecule has 0 aromatic carbocycles. The summed E-state index contributed by atoms with van der Waals surface area (Å²) in [5.74, 6) is 2.76. The zero-order chi connectivity index (χ0) is 12.3. The fourth-order valence-corrected chi connectivity index (χ4v) is 2.50. The van der Waals surface area contributed by atoms with E-state index in [-0.39, 0.29) is 18.0 Å². The quantitative estimate of drug-likeness (QED) is 0.702. The van der Waals surface area contributed by atoms with Crippen molar-refractivity contribution in [2.75, 3.05) is 30.3 Å². The van der Waals surface area contributed by atoms with Crippen LogP contribution in [0.2, 0.25) is 0 Å². The largest absolute Gasteiger partial charge is 0.367 e. The molecule has 1 aliphatic rings. The molecule has 0 spiro atoms. The van der Waals surface area contributed by atoms with Crippen molar-refractivity contribution < 1.29 is 4.79 Å². The first kappa shape index (κ1) is 12.0. The fraction of sp³-hybridized carbons (Fsp3) is 0.667. The van der Waals surface area contributed by atoms with Gasteiger partial charge in [-0.2, -0.15) is 16.7 Å². The van der Waals surface area contributed by atoms with Crippen LogP contribution in [-0.2, 0) is 0 Å². The fourth-order valence-electron chi connectivity index (χ4n) is 1.59. The van der Waals surface area contributed by atoms with Crippen LogP contribution < -0.4 is 11.1 Å². The van der Waals surface area contributed by atoms with Crippen LogP contribution in [0.3, 0.4) is 0 Å². The summed E-state index contributed by atoms with van der Waals surface area (Å²) in [5, 5.41) is 9.29. The Hall–Kier alpha value is -1.44. The second-order valence-electron chi connectivity index (χ2n) is 3.85. The van der Waals surface area contributed by atoms with Gasteiger partial charge >= 0.3 is 6.03 Å². The summed E-state index contributed by atoms with van der Waals surface area (Å²) in [6.07, 6.45) is 0. The molecule has 1 fully saturated rings. The molecule has 8 heteroatoms. The molecular weight excluding hydrogens is 240 g/mol. The number of carbonyl (C=O) groups excluding carboxylic acids is 1. The molecule has 2 rings (SSSR count). The van der Waals surface area contributed by atoms with Crippen LogP contribution in [0.1, 0.15) is 18.8 Å². The number of H-pyrrole nitrogens is 1. The van der Waals surface area contributed by atoms with Gasteiger partial charge in [0.2, 0.25) is 5.95 Å². The van der Waals surface area contributed by atoms with Gasteiger partial charge in [0.1, 0.15) is 5.82 Å². The van der Waals surface area contributed by atoms with Gasteiger partial charge in [-0.25, -0.2) is 4.79 Å². The maximum Gasteiger partial charge on any atom is 0.318 e. The average molecular weight is 256 g/mol. The predicted molar refractivity (Wildman–Crippen MR) is 66.6 cm³/mol. The lowest BCUT2D eigenvalue weighted by Gasteiger charge is -2.27. The van der Waals surface area contributed by atoms with Crippen molar-refractivity contribution in [2.24, 2.45) is 0 Å². The molecular formula is C9H16N6OS. The number of aromatic nitrogens is 3. The smallest absolute Gasteiger partial charge is 0.318 e. The first-order chi connectivity index (χ1) is 8.16. The Morgan fingerprint density at radius 2 is 2.29 bits per heavy atom. The highest BCUT2D eigenvalue weighted by molar-refractivity contribution is 7.99. The van der Waals surface area contributed by atoms with E-state index in [0.29, 0.717) is 5.82 Å². The number of anilines is 1. The highest BCUT2D eigenvalue weighted by atomic mass is 32.2. The lowest BCUT2D eigenvalue weighted by Crippen LogP contribution is -2.45. The van der Waals surface area contributed by atoms with Crippen molar-refractivity contribution in [1.29, 1.82) is 0 Å². The molecule has 2 amide bonds. The molecule has 0 aliphatic carbocycles. The van der Waals surface area contributed by atoms with Crippen LogP contribution in [0.15, 0.2) is 0 Å². The van der Waals surface area contributed by atoms with Gasteiger partial charge in [-0.15, -0.1) is 5.10 Å². The Morgan fingerprint density at radius 1 is 1.59 bits per heavy atom. The summed E-state index contributed by atoms with van der Waals surface area (Å²) in [6, 6.07) is -0.283. The van der Waals surface area contributed by atoms with Gasteiger partial charge in [0.25, 0.3) is 0 Å². The number of hydrogen-bond donors (Lipinski definition) is 3. The lowest BCUT2D eigenvalue weighted by molar-refractivity contribution is 0.199. The second-order valence-corrected chi connectivity index (χ2v) is 5.07. The first-order valence-corrected chi connectivity index (χ1v) is 6.63. The van der Waals surface area contributed by atoms with Gasteiger partial charge in [0.15, 0.2) is 0 Å². The van der Waals surface area contributed by atoms with E-state index in [1.54, 1.807) is 0 Å². The van der Waals surface area contributed by atoms with Crippen LogP contribution in [0, 0.1) is 0 Å². The third-order valence-corrected chi connectivity index (χ3v) is 3.51. The third kappa shape index (κ3) is 3.02. The maximum absolute atomic E-state index is 11.9. The number of nitrogens with two attached hydrogens (primary N) is 1. The van der Waals surface area contributed by atoms with E-state index in [1.807, 2.05) is 23.6 Å². The number of carbonyl (C=O) groups is 1. The van der Waals surface area contributed by atoms with Crippen LogP contribution in [0.5, 0.6) is 0 Å². The van der Waals surface area contributed by atoms with Crippen LogP contribution in [-0.4, -0.2) is 50.7 Å². The Bertz CT molecular complexity index is 389. The minimum Gasteiger partial charge on any atom is -0.367 e. The molecule has 2 heterocycles. The number of thioether (sulfide) groups is 1. The summed E-state index contributed by atoms with van der Waals surface area (Å²) >= 11 is 1.87. The Kier molecular flexibility index (Phi) is 3.72. The maximum atomic E-state index is 11.9. The molecule has 1 aliphatic heterocycles. The summed E-state index contributed by atoms with van der Waals surface area (Å²) in [7, 11) is 0. The summed E-state index contributed by atoms with van der Waals surface area (Å²) in [6.45, 7) is 3.43. The number of amides is 2. The zero-order valence-corrected chi connectivity index (χ0v) is 10.5. The van der Waals surface area contributed by atoms with Crippen LogP contribution >= 0.6 is 11.8 Å². The minimum absolute atomic E-state index is 0.0622. The van der Waals surface area contributed by atoms with Gasteiger partial charge in [-0.05, 0) is 6.92 Å². The average Bonchev–Trinajstić information content (AvgIpc) is 2.77. The number of nitrogen functional groups attached to an aromatic ring is 1. The second kappa shape index (κ2) is 5.26. The first-order valence-electron chi connectivity index (χ1n) is 5.48. The van der Waals surface area contributed by atoms with Gasteiger partial charge in [-0.3, -0.25) is 5.10 Å². The molecule has 1 aromatic rings. The molecule has 0 bridgehead atoms. The van der Waals surface area contributed by atoms with Gasteiger partial charge in [-0.1, -0.05) is 0 Å². The van der Waals surface area contributed by atoms with E-state index in [1.165, 1.54) is 0 Å². The zero-order valence-electron chi connectivity index (χ0n) is 9.64. The standard InChI is InChI=1S/C9H16N6OS/c1-6(7-12-8(10)14-13-7)11-9(16)15-2-4-17-5-3-15/h6H,2-5H2,1H3,(H,11,16)(H3,10,12,13,14)/t6-/m0/s1. The topological polar surface area (TPSA) is 99.9 Å². The molecule has 1 aromatic heterocycles. The van der Waals surface area contributed by atoms with E-state index < -0.39 is 0 Å². The van der Waals surface area contributed by atoms with Gasteiger partial charge in [0.05, 0.1) is 6.04 Å². The van der Waals surface area contributed by atoms with E-state index in [2.05, 4.69) is 20.5 Å². The normalized spacial score (nSPS) is 17.8. The Balaban J connectivity index is 1.89. The van der Waals surface area contributed by atoms with E-state index >= 15 is 0 Å². The number of hydrogen-bond acceptors (Lipinski definition) is 5. The molecule has 1 saturated heterocycles. The van der Waals surface area contributed by atoms with Crippen LogP contribution in [0.25, 0.3) is 0 Å². The van der Waals surface area contributed by atoms with Crippen molar-refractivity contribution in [2.45, 2.75) is 13.0 Å². The molecule has 0 radical (unpaired) electrons. The third-order valence-electron chi connectivity index (χ3n) is 2.57. The van der Waals surface area contributed by atoms with E-state index in [0.717, 1.165) is 24.6 Å². The SMILES string of the molecule is C[C@H](NC(=O)N1CCSCC1)c1nc(N)n[nH]1. The Morgan fingerprint density at radius 3 is 2.88 bits per heavy atom. The van der Waals surface area contributed by atoms with Gasteiger partial charge < -0.3 is 16.0 Å². The number of rotatable bonds is 2. The van der Waals surface area contributed by atoms with Crippen molar-refractivity contribution >= 4 is 23.7 Å². The molecule has 4 N–H and O–H groups in total. The highest BCUT2D eigenvalue weighted by Gasteiger charge is 2.20. The van der Waals surface area contributed by atoms with Crippen molar-refractivity contribution in [3.8, 4) is 0 Å². The predicted octanol–water partition coefficient (Wildman–Crippen LogP) is 0.206. The molecule has 7 nitrogen and oxygen atoms in total. The number of aromatic amines is 1. The molecule has 0 unspecified atom stereocenters. The van der Waals surface area contributed by atoms with Crippen LogP contribution in [0.4, 0.5) is 10.7 Å². The lowest BCUT2D eigenvalue weighted by atomic mass is 10.3. The number of urea groups is 1. The summed E-state index contributed by atoms with van der Waals surface area (Å²) in [4.78, 5) is 17.7. The van der Waals surface area contributed by atoms with E-state index in [9.17, 15) is 4.79 Å². The van der Waals surface area contributed by atoms with Crippen molar-refractivity contribution in [3.05, 3.63) is 5.82 Å². The van der Waals surface area contributed by atoms with Crippen molar-refractivity contribution in [1.82, 2.24) is 25.4 Å². The van der Waals surface area contributed by atoms with Gasteiger partial charge in [0, 0.05) is 24.6 Å². The number of nitrogens with one attached hydrogen (secondary N) is 2. The molecule has 94 valence electrons. The summed E-state index contributed by atoms with van der Waals surface area (Å²) in [5.41, 5.74) is 5.41. The molecule has 1 atom stereocenters. The summed E-state index contributed by atoms with van der Waals surface area (Å²) < 4.78 is 0. The molecule has 0 saturated carbocycles.